The van der Waals surface area contributed by atoms with E-state index in [1.165, 1.54) is 28.9 Å². The lowest BCUT2D eigenvalue weighted by molar-refractivity contribution is 0.541. The lowest BCUT2D eigenvalue weighted by atomic mass is 9.99. The maximum atomic E-state index is 4.55. The molecule has 20 heavy (non-hydrogen) atoms. The van der Waals surface area contributed by atoms with Gasteiger partial charge in [-0.25, -0.2) is 9.97 Å². The van der Waals surface area contributed by atoms with Gasteiger partial charge in [0.25, 0.3) is 0 Å². The summed E-state index contributed by atoms with van der Waals surface area (Å²) in [6, 6.07) is 11.0. The minimum Gasteiger partial charge on any atom is -0.310 e. The minimum absolute atomic E-state index is 0.334. The van der Waals surface area contributed by atoms with Gasteiger partial charge in [0.05, 0.1) is 0 Å². The van der Waals surface area contributed by atoms with E-state index in [9.17, 15) is 0 Å². The van der Waals surface area contributed by atoms with Gasteiger partial charge in [-0.15, -0.1) is 0 Å². The molecule has 1 unspecified atom stereocenters. The number of rotatable bonds is 5. The summed E-state index contributed by atoms with van der Waals surface area (Å²) in [5.41, 5.74) is 5.21. The van der Waals surface area contributed by atoms with E-state index in [4.69, 9.17) is 0 Å². The fraction of sp³-hybridized carbons (Fsp3) is 0.412. The molecule has 2 aromatic rings. The summed E-state index contributed by atoms with van der Waals surface area (Å²) in [4.78, 5) is 8.96. The summed E-state index contributed by atoms with van der Waals surface area (Å²) < 4.78 is 0. The molecule has 1 aliphatic rings. The lowest BCUT2D eigenvalue weighted by Crippen LogP contribution is -2.24. The fourth-order valence-electron chi connectivity index (χ4n) is 3.04. The van der Waals surface area contributed by atoms with Crippen LogP contribution >= 0.6 is 0 Å². The van der Waals surface area contributed by atoms with Gasteiger partial charge in [0.1, 0.15) is 6.33 Å². The van der Waals surface area contributed by atoms with Crippen LogP contribution in [-0.2, 0) is 19.3 Å². The van der Waals surface area contributed by atoms with E-state index in [0.29, 0.717) is 6.04 Å². The van der Waals surface area contributed by atoms with E-state index in [1.54, 1.807) is 6.33 Å². The monoisotopic (exact) mass is 267 g/mol. The second-order valence-electron chi connectivity index (χ2n) is 5.32. The molecule has 1 aromatic heterocycles. The van der Waals surface area contributed by atoms with Crippen molar-refractivity contribution >= 4 is 0 Å². The Hall–Kier alpha value is -1.74. The molecule has 0 radical (unpaired) electrons. The van der Waals surface area contributed by atoms with E-state index < -0.39 is 0 Å². The summed E-state index contributed by atoms with van der Waals surface area (Å²) >= 11 is 0. The van der Waals surface area contributed by atoms with Gasteiger partial charge >= 0.3 is 0 Å². The van der Waals surface area contributed by atoms with Crippen LogP contribution in [0.1, 0.15) is 41.9 Å². The molecule has 104 valence electrons. The molecule has 0 fully saturated rings. The zero-order chi connectivity index (χ0) is 13.8. The molecular weight excluding hydrogens is 246 g/mol. The highest BCUT2D eigenvalue weighted by atomic mass is 14.9. The molecule has 1 N–H and O–H groups in total. The highest BCUT2D eigenvalue weighted by Gasteiger charge is 2.20. The van der Waals surface area contributed by atoms with Crippen molar-refractivity contribution in [3.05, 3.63) is 59.2 Å². The van der Waals surface area contributed by atoms with E-state index >= 15 is 0 Å². The Morgan fingerprint density at radius 1 is 1.15 bits per heavy atom. The van der Waals surface area contributed by atoms with Crippen molar-refractivity contribution in [3.8, 4) is 0 Å². The molecule has 1 aromatic carbocycles. The van der Waals surface area contributed by atoms with Crippen molar-refractivity contribution in [3.63, 3.8) is 0 Å². The Labute approximate surface area is 120 Å². The molecule has 0 amide bonds. The topological polar surface area (TPSA) is 37.8 Å². The molecule has 1 aliphatic carbocycles. The van der Waals surface area contributed by atoms with Gasteiger partial charge in [0.2, 0.25) is 0 Å². The standard InChI is InChI=1S/C17H21N3/c1-2-18-16(13-7-4-3-5-8-13)11-17-14-9-6-10-15(14)19-12-20-17/h3-5,7-8,12,16,18H,2,6,9-11H2,1H3. The fourth-order valence-corrected chi connectivity index (χ4v) is 3.04. The third-order valence-electron chi connectivity index (χ3n) is 4.01. The highest BCUT2D eigenvalue weighted by Crippen LogP contribution is 2.25. The number of aryl methyl sites for hydroxylation is 1. The van der Waals surface area contributed by atoms with Gasteiger partial charge in [-0.3, -0.25) is 0 Å². The van der Waals surface area contributed by atoms with Crippen molar-refractivity contribution < 1.29 is 0 Å². The second-order valence-corrected chi connectivity index (χ2v) is 5.32. The molecule has 0 spiro atoms. The quantitative estimate of drug-likeness (QED) is 0.905. The van der Waals surface area contributed by atoms with Crippen molar-refractivity contribution in [2.24, 2.45) is 0 Å². The first-order valence-electron chi connectivity index (χ1n) is 7.48. The van der Waals surface area contributed by atoms with E-state index in [-0.39, 0.29) is 0 Å². The highest BCUT2D eigenvalue weighted by molar-refractivity contribution is 5.31. The number of likely N-dealkylation sites (N-methyl/N-ethyl adjacent to an activating group) is 1. The van der Waals surface area contributed by atoms with Gasteiger partial charge in [-0.05, 0) is 36.9 Å². The van der Waals surface area contributed by atoms with Crippen molar-refractivity contribution in [2.75, 3.05) is 6.54 Å². The number of nitrogens with zero attached hydrogens (tertiary/aromatic N) is 2. The van der Waals surface area contributed by atoms with Crippen LogP contribution in [-0.4, -0.2) is 16.5 Å². The maximum absolute atomic E-state index is 4.55. The number of nitrogens with one attached hydrogen (secondary N) is 1. The molecule has 3 rings (SSSR count). The number of hydrogen-bond donors (Lipinski definition) is 1. The van der Waals surface area contributed by atoms with Crippen molar-refractivity contribution in [2.45, 2.75) is 38.6 Å². The van der Waals surface area contributed by atoms with Crippen LogP contribution in [0, 0.1) is 0 Å². The summed E-state index contributed by atoms with van der Waals surface area (Å²) in [5.74, 6) is 0. The summed E-state index contributed by atoms with van der Waals surface area (Å²) in [7, 11) is 0. The lowest BCUT2D eigenvalue weighted by Gasteiger charge is -2.19. The van der Waals surface area contributed by atoms with Crippen molar-refractivity contribution in [1.82, 2.24) is 15.3 Å². The second kappa shape index (κ2) is 6.14. The van der Waals surface area contributed by atoms with Gasteiger partial charge in [0.15, 0.2) is 0 Å². The smallest absolute Gasteiger partial charge is 0.115 e. The van der Waals surface area contributed by atoms with Gasteiger partial charge in [-0.1, -0.05) is 37.3 Å². The van der Waals surface area contributed by atoms with Crippen LogP contribution in [0.3, 0.4) is 0 Å². The predicted octanol–water partition coefficient (Wildman–Crippen LogP) is 2.86. The summed E-state index contributed by atoms with van der Waals surface area (Å²) in [6.45, 7) is 3.12. The number of fused-ring (bicyclic) bond motifs is 1. The molecule has 0 saturated carbocycles. The molecule has 0 saturated heterocycles. The average molecular weight is 267 g/mol. The third-order valence-corrected chi connectivity index (χ3v) is 4.01. The predicted molar refractivity (Wildman–Crippen MR) is 80.6 cm³/mol. The summed E-state index contributed by atoms with van der Waals surface area (Å²) in [5, 5.41) is 3.58. The Morgan fingerprint density at radius 2 is 2.00 bits per heavy atom. The van der Waals surface area contributed by atoms with Crippen LogP contribution in [0.2, 0.25) is 0 Å². The molecule has 1 atom stereocenters. The van der Waals surface area contributed by atoms with Gasteiger partial charge < -0.3 is 5.32 Å². The average Bonchev–Trinajstić information content (AvgIpc) is 2.97. The zero-order valence-corrected chi connectivity index (χ0v) is 12.0. The van der Waals surface area contributed by atoms with Crippen LogP contribution in [0.15, 0.2) is 36.7 Å². The van der Waals surface area contributed by atoms with Gasteiger partial charge in [-0.2, -0.15) is 0 Å². The third kappa shape index (κ3) is 2.73. The molecule has 0 bridgehead atoms. The Bertz CT molecular complexity index is 566. The maximum Gasteiger partial charge on any atom is 0.115 e. The summed E-state index contributed by atoms with van der Waals surface area (Å²) in [6.07, 6.45) is 6.15. The SMILES string of the molecule is CCNC(Cc1ncnc2c1CCC2)c1ccccc1. The van der Waals surface area contributed by atoms with Gasteiger partial charge in [0, 0.05) is 23.9 Å². The molecule has 3 nitrogen and oxygen atoms in total. The first-order valence-corrected chi connectivity index (χ1v) is 7.48. The van der Waals surface area contributed by atoms with E-state index in [2.05, 4.69) is 52.5 Å². The molecule has 0 aliphatic heterocycles. The Morgan fingerprint density at radius 3 is 2.80 bits per heavy atom. The van der Waals surface area contributed by atoms with Crippen LogP contribution < -0.4 is 5.32 Å². The largest absolute Gasteiger partial charge is 0.310 e. The zero-order valence-electron chi connectivity index (χ0n) is 12.0. The molecular formula is C17H21N3. The number of benzene rings is 1. The van der Waals surface area contributed by atoms with Crippen LogP contribution in [0.4, 0.5) is 0 Å². The minimum atomic E-state index is 0.334. The first-order chi connectivity index (χ1) is 9.88. The number of hydrogen-bond acceptors (Lipinski definition) is 3. The Balaban J connectivity index is 1.86. The normalized spacial score (nSPS) is 15.1. The first kappa shape index (κ1) is 13.3. The van der Waals surface area contributed by atoms with E-state index in [0.717, 1.165) is 25.8 Å². The molecule has 1 heterocycles. The van der Waals surface area contributed by atoms with Crippen LogP contribution in [0.5, 0.6) is 0 Å². The molecule has 3 heteroatoms. The van der Waals surface area contributed by atoms with Crippen LogP contribution in [0.25, 0.3) is 0 Å². The number of aromatic nitrogens is 2. The van der Waals surface area contributed by atoms with Crippen molar-refractivity contribution in [1.29, 1.82) is 0 Å². The van der Waals surface area contributed by atoms with E-state index in [1.807, 2.05) is 0 Å². The Kier molecular flexibility index (Phi) is 4.07.